The Kier molecular flexibility index (Phi) is 11.0. The monoisotopic (exact) mass is 407 g/mol. The van der Waals surface area contributed by atoms with Crippen LogP contribution in [0, 0.1) is 0 Å². The standard InChI is InChI=1S/C14H25N5O7S/c1-6(11(22)18-8(14(25)26)2-3-10(16)21)17-13(24)9(5-27)19-12(23)7(15)4-20/h6-9,20,27H,2-5,15H2,1H3,(H2,16,21)(H,17,24)(H,18,22)(H,19,23)(H,25,26). The first-order chi connectivity index (χ1) is 12.5. The van der Waals surface area contributed by atoms with Crippen LogP contribution in [-0.2, 0) is 24.0 Å². The minimum absolute atomic E-state index is 0.111. The summed E-state index contributed by atoms with van der Waals surface area (Å²) >= 11 is 3.93. The highest BCUT2D eigenvalue weighted by Crippen LogP contribution is 1.99. The van der Waals surface area contributed by atoms with E-state index in [1.165, 1.54) is 6.92 Å². The van der Waals surface area contributed by atoms with Crippen molar-refractivity contribution in [3.05, 3.63) is 0 Å². The largest absolute Gasteiger partial charge is 0.480 e. The van der Waals surface area contributed by atoms with Crippen molar-refractivity contribution in [2.75, 3.05) is 12.4 Å². The minimum atomic E-state index is -1.36. The molecule has 0 bridgehead atoms. The second kappa shape index (κ2) is 12.1. The molecule has 0 aromatic heterocycles. The van der Waals surface area contributed by atoms with E-state index in [1.54, 1.807) is 0 Å². The smallest absolute Gasteiger partial charge is 0.326 e. The Hall–Kier alpha value is -2.38. The normalized spacial score (nSPS) is 15.0. The summed E-state index contributed by atoms with van der Waals surface area (Å²) in [6.45, 7) is 0.685. The molecule has 4 unspecified atom stereocenters. The van der Waals surface area contributed by atoms with Crippen LogP contribution in [0.4, 0.5) is 0 Å². The zero-order valence-corrected chi connectivity index (χ0v) is 15.6. The van der Waals surface area contributed by atoms with Gasteiger partial charge in [-0.2, -0.15) is 12.6 Å². The summed E-state index contributed by atoms with van der Waals surface area (Å²) in [7, 11) is 0. The topological polar surface area (TPSA) is 214 Å². The summed E-state index contributed by atoms with van der Waals surface area (Å²) in [4.78, 5) is 57.7. The number of carbonyl (C=O) groups excluding carboxylic acids is 4. The van der Waals surface area contributed by atoms with Crippen molar-refractivity contribution in [1.82, 2.24) is 16.0 Å². The fourth-order valence-corrected chi connectivity index (χ4v) is 2.03. The molecule has 0 radical (unpaired) electrons. The lowest BCUT2D eigenvalue weighted by molar-refractivity contribution is -0.142. The van der Waals surface area contributed by atoms with Crippen LogP contribution in [0.1, 0.15) is 19.8 Å². The summed E-state index contributed by atoms with van der Waals surface area (Å²) in [5, 5.41) is 24.6. The number of hydrogen-bond acceptors (Lipinski definition) is 8. The number of amides is 4. The summed E-state index contributed by atoms with van der Waals surface area (Å²) in [6, 6.07) is -4.84. The second-order valence-corrected chi connectivity index (χ2v) is 6.03. The van der Waals surface area contributed by atoms with Crippen LogP contribution in [0.25, 0.3) is 0 Å². The predicted octanol–water partition coefficient (Wildman–Crippen LogP) is -3.94. The van der Waals surface area contributed by atoms with Gasteiger partial charge in [0.05, 0.1) is 6.61 Å². The Bertz CT molecular complexity index is 574. The van der Waals surface area contributed by atoms with Gasteiger partial charge in [-0.25, -0.2) is 4.79 Å². The lowest BCUT2D eigenvalue weighted by atomic mass is 10.1. The van der Waals surface area contributed by atoms with Gasteiger partial charge in [-0.15, -0.1) is 0 Å². The molecule has 0 fully saturated rings. The van der Waals surface area contributed by atoms with Gasteiger partial charge in [0, 0.05) is 12.2 Å². The van der Waals surface area contributed by atoms with E-state index in [9.17, 15) is 24.0 Å². The molecule has 0 aliphatic rings. The molecule has 0 spiro atoms. The number of nitrogens with two attached hydrogens (primary N) is 2. The Morgan fingerprint density at radius 2 is 1.56 bits per heavy atom. The Morgan fingerprint density at radius 1 is 1.00 bits per heavy atom. The van der Waals surface area contributed by atoms with E-state index in [0.717, 1.165) is 0 Å². The number of carbonyl (C=O) groups is 5. The van der Waals surface area contributed by atoms with Crippen molar-refractivity contribution in [3.8, 4) is 0 Å². The molecular formula is C14H25N5O7S. The third-order valence-electron chi connectivity index (χ3n) is 3.40. The van der Waals surface area contributed by atoms with Crippen molar-refractivity contribution < 1.29 is 34.2 Å². The van der Waals surface area contributed by atoms with Gasteiger partial charge in [0.2, 0.25) is 23.6 Å². The van der Waals surface area contributed by atoms with Crippen LogP contribution in [0.15, 0.2) is 0 Å². The molecule has 0 aromatic rings. The zero-order chi connectivity index (χ0) is 21.1. The van der Waals surface area contributed by atoms with Crippen LogP contribution in [0.3, 0.4) is 0 Å². The molecule has 0 heterocycles. The van der Waals surface area contributed by atoms with E-state index < -0.39 is 60.4 Å². The van der Waals surface area contributed by atoms with E-state index in [2.05, 4.69) is 28.6 Å². The Morgan fingerprint density at radius 3 is 2.00 bits per heavy atom. The second-order valence-electron chi connectivity index (χ2n) is 5.67. The van der Waals surface area contributed by atoms with E-state index in [1.807, 2.05) is 0 Å². The van der Waals surface area contributed by atoms with E-state index in [4.69, 9.17) is 21.7 Å². The molecule has 0 saturated heterocycles. The minimum Gasteiger partial charge on any atom is -0.480 e. The molecule has 0 aliphatic heterocycles. The van der Waals surface area contributed by atoms with E-state index >= 15 is 0 Å². The van der Waals surface area contributed by atoms with Crippen molar-refractivity contribution in [2.45, 2.75) is 43.9 Å². The Labute approximate surface area is 160 Å². The fourth-order valence-electron chi connectivity index (χ4n) is 1.78. The van der Waals surface area contributed by atoms with Gasteiger partial charge in [0.25, 0.3) is 0 Å². The molecule has 9 N–H and O–H groups in total. The number of thiol groups is 1. The molecule has 4 amide bonds. The number of primary amides is 1. The molecule has 27 heavy (non-hydrogen) atoms. The number of aliphatic hydroxyl groups is 1. The number of aliphatic carboxylic acids is 1. The number of carboxylic acid groups (broad SMARTS) is 1. The summed E-state index contributed by atoms with van der Waals surface area (Å²) in [5.74, 6) is -4.53. The van der Waals surface area contributed by atoms with Crippen LogP contribution in [0.5, 0.6) is 0 Å². The van der Waals surface area contributed by atoms with Gasteiger partial charge in [0.1, 0.15) is 24.2 Å². The SMILES string of the molecule is CC(NC(=O)C(CS)NC(=O)C(N)CO)C(=O)NC(CCC(N)=O)C(=O)O. The molecule has 0 aromatic carbocycles. The van der Waals surface area contributed by atoms with Gasteiger partial charge in [0.15, 0.2) is 0 Å². The maximum atomic E-state index is 12.1. The first-order valence-electron chi connectivity index (χ1n) is 7.93. The highest BCUT2D eigenvalue weighted by atomic mass is 32.1. The van der Waals surface area contributed by atoms with Gasteiger partial charge < -0.3 is 37.6 Å². The van der Waals surface area contributed by atoms with Crippen molar-refractivity contribution in [1.29, 1.82) is 0 Å². The molecule has 0 aliphatic carbocycles. The van der Waals surface area contributed by atoms with Gasteiger partial charge in [-0.3, -0.25) is 19.2 Å². The van der Waals surface area contributed by atoms with Crippen molar-refractivity contribution >= 4 is 42.2 Å². The highest BCUT2D eigenvalue weighted by Gasteiger charge is 2.27. The lowest BCUT2D eigenvalue weighted by Crippen LogP contribution is -2.57. The first-order valence-corrected chi connectivity index (χ1v) is 8.56. The van der Waals surface area contributed by atoms with Crippen LogP contribution >= 0.6 is 12.6 Å². The van der Waals surface area contributed by atoms with E-state index in [-0.39, 0.29) is 18.6 Å². The molecule has 154 valence electrons. The fraction of sp³-hybridized carbons (Fsp3) is 0.643. The zero-order valence-electron chi connectivity index (χ0n) is 14.7. The van der Waals surface area contributed by atoms with Crippen LogP contribution in [-0.4, -0.2) is 76.3 Å². The number of nitrogens with one attached hydrogen (secondary N) is 3. The maximum Gasteiger partial charge on any atom is 0.326 e. The third kappa shape index (κ3) is 9.21. The maximum absolute atomic E-state index is 12.1. The summed E-state index contributed by atoms with van der Waals surface area (Å²) < 4.78 is 0. The predicted molar refractivity (Wildman–Crippen MR) is 96.4 cm³/mol. The molecule has 0 saturated carbocycles. The number of carboxylic acids is 1. The van der Waals surface area contributed by atoms with Crippen molar-refractivity contribution in [3.63, 3.8) is 0 Å². The molecule has 13 heteroatoms. The first kappa shape index (κ1) is 24.6. The van der Waals surface area contributed by atoms with Crippen LogP contribution in [0.2, 0.25) is 0 Å². The molecule has 12 nitrogen and oxygen atoms in total. The third-order valence-corrected chi connectivity index (χ3v) is 3.76. The number of hydrogen-bond donors (Lipinski definition) is 8. The van der Waals surface area contributed by atoms with Gasteiger partial charge >= 0.3 is 5.97 Å². The molecular weight excluding hydrogens is 382 g/mol. The average molecular weight is 407 g/mol. The summed E-state index contributed by atoms with van der Waals surface area (Å²) in [5.41, 5.74) is 10.3. The van der Waals surface area contributed by atoms with E-state index in [0.29, 0.717) is 0 Å². The highest BCUT2D eigenvalue weighted by molar-refractivity contribution is 7.80. The lowest BCUT2D eigenvalue weighted by Gasteiger charge is -2.22. The Balaban J connectivity index is 4.77. The molecule has 4 atom stereocenters. The number of rotatable bonds is 12. The molecule has 0 rings (SSSR count). The van der Waals surface area contributed by atoms with Crippen molar-refractivity contribution in [2.24, 2.45) is 11.5 Å². The average Bonchev–Trinajstić information content (AvgIpc) is 2.60. The number of aliphatic hydroxyl groups excluding tert-OH is 1. The van der Waals surface area contributed by atoms with Gasteiger partial charge in [-0.05, 0) is 13.3 Å². The quantitative estimate of drug-likeness (QED) is 0.149. The summed E-state index contributed by atoms with van der Waals surface area (Å²) in [6.07, 6.45) is -0.442. The van der Waals surface area contributed by atoms with Crippen LogP contribution < -0.4 is 27.4 Å². The van der Waals surface area contributed by atoms with Gasteiger partial charge in [-0.1, -0.05) is 0 Å².